The summed E-state index contributed by atoms with van der Waals surface area (Å²) in [5, 5.41) is 9.41. The standard InChI is InChI=1S/C20H23N3O3S2/c1-15-13-16(2)23(22-15)18(19-9-6-11-27-19)14-21-20(24)10-12-28(25,26)17-7-4-3-5-8-17/h3-9,11,13,18H,10,12,14H2,1-2H3,(H,21,24). The Morgan fingerprint density at radius 1 is 1.18 bits per heavy atom. The van der Waals surface area contributed by atoms with E-state index >= 15 is 0 Å². The minimum atomic E-state index is -3.47. The maximum absolute atomic E-state index is 12.3. The van der Waals surface area contributed by atoms with Gasteiger partial charge in [-0.2, -0.15) is 5.10 Å². The third-order valence-electron chi connectivity index (χ3n) is 4.40. The van der Waals surface area contributed by atoms with Crippen molar-refractivity contribution in [2.75, 3.05) is 12.3 Å². The number of hydrogen-bond acceptors (Lipinski definition) is 5. The van der Waals surface area contributed by atoms with Crippen molar-refractivity contribution >= 4 is 27.1 Å². The van der Waals surface area contributed by atoms with Crippen LogP contribution in [0.15, 0.2) is 58.8 Å². The summed E-state index contributed by atoms with van der Waals surface area (Å²) in [5.41, 5.74) is 1.93. The average Bonchev–Trinajstić information content (AvgIpc) is 3.31. The Morgan fingerprint density at radius 2 is 1.93 bits per heavy atom. The highest BCUT2D eigenvalue weighted by Crippen LogP contribution is 2.24. The molecular formula is C20H23N3O3S2. The molecule has 28 heavy (non-hydrogen) atoms. The summed E-state index contributed by atoms with van der Waals surface area (Å²) >= 11 is 1.60. The van der Waals surface area contributed by atoms with Gasteiger partial charge >= 0.3 is 0 Å². The first-order chi connectivity index (χ1) is 13.4. The molecule has 1 unspecified atom stereocenters. The number of nitrogens with zero attached hydrogens (tertiary/aromatic N) is 2. The van der Waals surface area contributed by atoms with Gasteiger partial charge in [-0.15, -0.1) is 11.3 Å². The number of aryl methyl sites for hydroxylation is 2. The second-order valence-corrected chi connectivity index (χ2v) is 9.68. The minimum absolute atomic E-state index is 0.0779. The molecule has 0 spiro atoms. The Hall–Kier alpha value is -2.45. The summed E-state index contributed by atoms with van der Waals surface area (Å²) in [6, 6.07) is 14.0. The molecule has 2 heterocycles. The molecule has 8 heteroatoms. The van der Waals surface area contributed by atoms with Gasteiger partial charge in [0.15, 0.2) is 9.84 Å². The molecule has 0 saturated heterocycles. The number of nitrogens with one attached hydrogen (secondary N) is 1. The summed E-state index contributed by atoms with van der Waals surface area (Å²) in [6.07, 6.45) is -0.0779. The second kappa shape index (κ2) is 8.70. The first-order valence-electron chi connectivity index (χ1n) is 8.97. The van der Waals surface area contributed by atoms with E-state index in [1.807, 2.05) is 42.1 Å². The molecule has 0 aliphatic heterocycles. The molecule has 3 aromatic rings. The third-order valence-corrected chi connectivity index (χ3v) is 7.11. The fraction of sp³-hybridized carbons (Fsp3) is 0.300. The number of rotatable bonds is 8. The fourth-order valence-electron chi connectivity index (χ4n) is 3.02. The van der Waals surface area contributed by atoms with Crippen LogP contribution in [0.25, 0.3) is 0 Å². The minimum Gasteiger partial charge on any atom is -0.354 e. The highest BCUT2D eigenvalue weighted by atomic mass is 32.2. The number of benzene rings is 1. The van der Waals surface area contributed by atoms with Gasteiger partial charge in [-0.3, -0.25) is 9.48 Å². The normalized spacial score (nSPS) is 12.6. The van der Waals surface area contributed by atoms with Gasteiger partial charge in [-0.05, 0) is 43.5 Å². The van der Waals surface area contributed by atoms with Crippen LogP contribution in [-0.4, -0.2) is 36.4 Å². The predicted octanol–water partition coefficient (Wildman–Crippen LogP) is 3.13. The largest absolute Gasteiger partial charge is 0.354 e. The lowest BCUT2D eigenvalue weighted by Crippen LogP contribution is -2.32. The van der Waals surface area contributed by atoms with Crippen LogP contribution in [0.3, 0.4) is 0 Å². The van der Waals surface area contributed by atoms with E-state index in [0.717, 1.165) is 16.3 Å². The van der Waals surface area contributed by atoms with E-state index in [1.54, 1.807) is 41.7 Å². The van der Waals surface area contributed by atoms with Crippen LogP contribution < -0.4 is 5.32 Å². The Bertz CT molecular complexity index is 1030. The summed E-state index contributed by atoms with van der Waals surface area (Å²) < 4.78 is 26.6. The molecule has 0 aliphatic carbocycles. The molecule has 1 aromatic carbocycles. The van der Waals surface area contributed by atoms with Gasteiger partial charge in [-0.25, -0.2) is 8.42 Å². The Balaban J connectivity index is 1.64. The molecule has 1 N–H and O–H groups in total. The molecule has 0 bridgehead atoms. The van der Waals surface area contributed by atoms with E-state index in [-0.39, 0.29) is 29.0 Å². The van der Waals surface area contributed by atoms with Gasteiger partial charge in [0.2, 0.25) is 5.91 Å². The smallest absolute Gasteiger partial charge is 0.221 e. The molecule has 0 aliphatic rings. The zero-order valence-electron chi connectivity index (χ0n) is 15.8. The zero-order valence-corrected chi connectivity index (χ0v) is 17.5. The number of carbonyl (C=O) groups excluding carboxylic acids is 1. The van der Waals surface area contributed by atoms with Crippen molar-refractivity contribution in [2.45, 2.75) is 31.2 Å². The molecule has 0 saturated carbocycles. The second-order valence-electron chi connectivity index (χ2n) is 6.59. The third kappa shape index (κ3) is 4.88. The fourth-order valence-corrected chi connectivity index (χ4v) is 5.10. The molecule has 3 rings (SSSR count). The van der Waals surface area contributed by atoms with Crippen LogP contribution in [0.4, 0.5) is 0 Å². The van der Waals surface area contributed by atoms with Crippen molar-refractivity contribution in [2.24, 2.45) is 0 Å². The number of aromatic nitrogens is 2. The summed E-state index contributed by atoms with van der Waals surface area (Å²) in [7, 11) is -3.47. The Labute approximate surface area is 169 Å². The van der Waals surface area contributed by atoms with E-state index in [1.165, 1.54) is 0 Å². The molecule has 0 radical (unpaired) electrons. The number of thiophene rings is 1. The van der Waals surface area contributed by atoms with Crippen molar-refractivity contribution in [3.05, 3.63) is 70.2 Å². The molecule has 1 atom stereocenters. The van der Waals surface area contributed by atoms with Crippen molar-refractivity contribution < 1.29 is 13.2 Å². The van der Waals surface area contributed by atoms with E-state index in [0.29, 0.717) is 6.54 Å². The topological polar surface area (TPSA) is 81.1 Å². The molecule has 2 aromatic heterocycles. The number of amides is 1. The van der Waals surface area contributed by atoms with Gasteiger partial charge in [0.05, 0.1) is 16.3 Å². The molecular weight excluding hydrogens is 394 g/mol. The maximum Gasteiger partial charge on any atom is 0.221 e. The van der Waals surface area contributed by atoms with Gasteiger partial charge in [-0.1, -0.05) is 24.3 Å². The van der Waals surface area contributed by atoms with Crippen LogP contribution in [0.1, 0.15) is 28.7 Å². The van der Waals surface area contributed by atoms with Crippen LogP contribution in [0.2, 0.25) is 0 Å². The van der Waals surface area contributed by atoms with Crippen molar-refractivity contribution in [1.29, 1.82) is 0 Å². The van der Waals surface area contributed by atoms with E-state index in [2.05, 4.69) is 10.4 Å². The van der Waals surface area contributed by atoms with Crippen LogP contribution in [0, 0.1) is 13.8 Å². The summed E-state index contributed by atoms with van der Waals surface area (Å²) in [6.45, 7) is 4.27. The Kier molecular flexibility index (Phi) is 6.31. The average molecular weight is 418 g/mol. The lowest BCUT2D eigenvalue weighted by molar-refractivity contribution is -0.120. The van der Waals surface area contributed by atoms with Crippen molar-refractivity contribution in [3.8, 4) is 0 Å². The van der Waals surface area contributed by atoms with E-state index in [4.69, 9.17) is 0 Å². The van der Waals surface area contributed by atoms with Crippen LogP contribution in [0.5, 0.6) is 0 Å². The summed E-state index contributed by atoms with van der Waals surface area (Å²) in [5.74, 6) is -0.505. The first-order valence-corrected chi connectivity index (χ1v) is 11.5. The number of hydrogen-bond donors (Lipinski definition) is 1. The molecule has 1 amide bonds. The number of carbonyl (C=O) groups is 1. The Morgan fingerprint density at radius 3 is 2.54 bits per heavy atom. The first kappa shape index (κ1) is 20.3. The predicted molar refractivity (Wildman–Crippen MR) is 110 cm³/mol. The zero-order chi connectivity index (χ0) is 20.1. The van der Waals surface area contributed by atoms with Gasteiger partial charge in [0.25, 0.3) is 0 Å². The van der Waals surface area contributed by atoms with E-state index < -0.39 is 9.84 Å². The number of sulfone groups is 1. The molecule has 0 fully saturated rings. The van der Waals surface area contributed by atoms with Crippen molar-refractivity contribution in [3.63, 3.8) is 0 Å². The van der Waals surface area contributed by atoms with Gasteiger partial charge in [0.1, 0.15) is 6.04 Å². The molecule has 148 valence electrons. The van der Waals surface area contributed by atoms with Gasteiger partial charge < -0.3 is 5.32 Å². The van der Waals surface area contributed by atoms with Gasteiger partial charge in [0, 0.05) is 23.5 Å². The van der Waals surface area contributed by atoms with Crippen LogP contribution in [-0.2, 0) is 14.6 Å². The quantitative estimate of drug-likeness (QED) is 0.611. The monoisotopic (exact) mass is 417 g/mol. The lowest BCUT2D eigenvalue weighted by Gasteiger charge is -2.19. The maximum atomic E-state index is 12.3. The SMILES string of the molecule is Cc1cc(C)n(C(CNC(=O)CCS(=O)(=O)c2ccccc2)c2cccs2)n1. The lowest BCUT2D eigenvalue weighted by atomic mass is 10.2. The molecule has 6 nitrogen and oxygen atoms in total. The highest BCUT2D eigenvalue weighted by Gasteiger charge is 2.20. The van der Waals surface area contributed by atoms with E-state index in [9.17, 15) is 13.2 Å². The summed E-state index contributed by atoms with van der Waals surface area (Å²) in [4.78, 5) is 13.6. The van der Waals surface area contributed by atoms with Crippen LogP contribution >= 0.6 is 11.3 Å². The highest BCUT2D eigenvalue weighted by molar-refractivity contribution is 7.91. The van der Waals surface area contributed by atoms with Crippen molar-refractivity contribution in [1.82, 2.24) is 15.1 Å².